The topological polar surface area (TPSA) is 108 Å². The van der Waals surface area contributed by atoms with Gasteiger partial charge in [0.1, 0.15) is 11.8 Å². The number of urea groups is 1. The van der Waals surface area contributed by atoms with E-state index in [1.807, 2.05) is 30.3 Å². The molecule has 1 saturated heterocycles. The Balaban J connectivity index is 1.48. The molecule has 1 heterocycles. The van der Waals surface area contributed by atoms with Gasteiger partial charge in [-0.05, 0) is 36.1 Å². The lowest BCUT2D eigenvalue weighted by Crippen LogP contribution is -2.40. The Morgan fingerprint density at radius 2 is 1.84 bits per heavy atom. The van der Waals surface area contributed by atoms with Crippen molar-refractivity contribution in [1.82, 2.24) is 15.5 Å². The highest BCUT2D eigenvalue weighted by molar-refractivity contribution is 6.04. The molecule has 2 aromatic carbocycles. The van der Waals surface area contributed by atoms with Crippen LogP contribution >= 0.6 is 0 Å². The van der Waals surface area contributed by atoms with Crippen LogP contribution in [-0.2, 0) is 22.6 Å². The number of ether oxygens (including phenoxy) is 1. The van der Waals surface area contributed by atoms with E-state index in [4.69, 9.17) is 4.74 Å². The van der Waals surface area contributed by atoms with Gasteiger partial charge in [0.05, 0.1) is 26.3 Å². The summed E-state index contributed by atoms with van der Waals surface area (Å²) in [6.45, 7) is -0.0314. The summed E-state index contributed by atoms with van der Waals surface area (Å²) >= 11 is 0. The number of imide groups is 1. The van der Waals surface area contributed by atoms with Crippen molar-refractivity contribution < 1.29 is 24.2 Å². The maximum Gasteiger partial charge on any atom is 0.325 e. The van der Waals surface area contributed by atoms with Gasteiger partial charge in [-0.25, -0.2) is 4.79 Å². The highest BCUT2D eigenvalue weighted by Gasteiger charge is 2.37. The fourth-order valence-corrected chi connectivity index (χ4v) is 3.47. The first-order valence-electron chi connectivity index (χ1n) is 10.2. The fraction of sp³-hybridized carbons (Fsp3) is 0.348. The van der Waals surface area contributed by atoms with Crippen LogP contribution in [0.15, 0.2) is 54.6 Å². The second-order valence-corrected chi connectivity index (χ2v) is 7.45. The Hall–Kier alpha value is -3.39. The molecule has 0 spiro atoms. The maximum atomic E-state index is 12.6. The number of aliphatic hydroxyl groups is 1. The summed E-state index contributed by atoms with van der Waals surface area (Å²) in [4.78, 5) is 38.3. The van der Waals surface area contributed by atoms with Crippen LogP contribution in [0.5, 0.6) is 5.75 Å². The van der Waals surface area contributed by atoms with Gasteiger partial charge in [0.15, 0.2) is 0 Å². The number of methoxy groups -OCH3 is 1. The number of hydrogen-bond acceptors (Lipinski definition) is 5. The molecule has 0 unspecified atom stereocenters. The van der Waals surface area contributed by atoms with Gasteiger partial charge in [-0.15, -0.1) is 0 Å². The number of nitrogens with one attached hydrogen (secondary N) is 2. The highest BCUT2D eigenvalue weighted by Crippen LogP contribution is 2.17. The van der Waals surface area contributed by atoms with Crippen LogP contribution < -0.4 is 15.4 Å². The second kappa shape index (κ2) is 10.6. The van der Waals surface area contributed by atoms with Crippen LogP contribution in [0.3, 0.4) is 0 Å². The number of aliphatic hydroxyl groups excluding tert-OH is 1. The number of carbonyl (C=O) groups excluding carboxylic acids is 3. The van der Waals surface area contributed by atoms with E-state index in [-0.39, 0.29) is 37.8 Å². The molecule has 2 atom stereocenters. The highest BCUT2D eigenvalue weighted by atomic mass is 16.5. The Morgan fingerprint density at radius 3 is 2.48 bits per heavy atom. The van der Waals surface area contributed by atoms with Crippen molar-refractivity contribution in [3.63, 3.8) is 0 Å². The molecule has 0 saturated carbocycles. The van der Waals surface area contributed by atoms with Crippen LogP contribution in [0.4, 0.5) is 4.79 Å². The van der Waals surface area contributed by atoms with Crippen molar-refractivity contribution in [2.75, 3.05) is 13.7 Å². The third-order valence-electron chi connectivity index (χ3n) is 5.18. The Kier molecular flexibility index (Phi) is 7.61. The first-order chi connectivity index (χ1) is 15.0. The van der Waals surface area contributed by atoms with Crippen molar-refractivity contribution in [1.29, 1.82) is 0 Å². The molecule has 8 nitrogen and oxygen atoms in total. The number of amides is 4. The zero-order chi connectivity index (χ0) is 22.2. The van der Waals surface area contributed by atoms with Gasteiger partial charge in [0, 0.05) is 6.42 Å². The molecule has 0 bridgehead atoms. The molecule has 4 amide bonds. The van der Waals surface area contributed by atoms with Gasteiger partial charge in [-0.3, -0.25) is 14.5 Å². The van der Waals surface area contributed by atoms with E-state index in [9.17, 15) is 19.5 Å². The van der Waals surface area contributed by atoms with Crippen LogP contribution in [0.1, 0.15) is 24.0 Å². The molecule has 0 aromatic heterocycles. The Labute approximate surface area is 181 Å². The van der Waals surface area contributed by atoms with Crippen molar-refractivity contribution in [3.05, 3.63) is 65.7 Å². The van der Waals surface area contributed by atoms with Gasteiger partial charge in [-0.1, -0.05) is 42.5 Å². The first-order valence-corrected chi connectivity index (χ1v) is 10.2. The molecule has 2 aromatic rings. The summed E-state index contributed by atoms with van der Waals surface area (Å²) in [7, 11) is 1.57. The number of carbonyl (C=O) groups is 3. The lowest BCUT2D eigenvalue weighted by atomic mass is 10.1. The molecule has 0 radical (unpaired) electrons. The second-order valence-electron chi connectivity index (χ2n) is 7.45. The molecule has 1 aliphatic rings. The Bertz CT molecular complexity index is 901. The van der Waals surface area contributed by atoms with Gasteiger partial charge in [0.2, 0.25) is 5.91 Å². The van der Waals surface area contributed by atoms with Crippen LogP contribution in [-0.4, -0.2) is 53.7 Å². The molecule has 1 fully saturated rings. The van der Waals surface area contributed by atoms with E-state index in [0.29, 0.717) is 12.2 Å². The molecular formula is C23H27N3O5. The smallest absolute Gasteiger partial charge is 0.325 e. The number of nitrogens with zero attached hydrogens (tertiary/aromatic N) is 1. The summed E-state index contributed by atoms with van der Waals surface area (Å²) < 4.78 is 5.11. The van der Waals surface area contributed by atoms with E-state index in [1.165, 1.54) is 0 Å². The van der Waals surface area contributed by atoms with E-state index in [0.717, 1.165) is 16.0 Å². The summed E-state index contributed by atoms with van der Waals surface area (Å²) in [5, 5.41) is 15.0. The monoisotopic (exact) mass is 425 g/mol. The van der Waals surface area contributed by atoms with E-state index in [1.54, 1.807) is 31.4 Å². The van der Waals surface area contributed by atoms with Crippen molar-refractivity contribution >= 4 is 17.8 Å². The Morgan fingerprint density at radius 1 is 1.13 bits per heavy atom. The van der Waals surface area contributed by atoms with Gasteiger partial charge in [-0.2, -0.15) is 0 Å². The molecule has 31 heavy (non-hydrogen) atoms. The van der Waals surface area contributed by atoms with E-state index < -0.39 is 18.1 Å². The SMILES string of the molecule is COc1ccc(CN2C(=O)N[C@@H](CCC(=O)N[C@H](CO)Cc3ccccc3)C2=O)cc1. The van der Waals surface area contributed by atoms with Crippen LogP contribution in [0, 0.1) is 0 Å². The molecule has 3 rings (SSSR count). The number of benzene rings is 2. The summed E-state index contributed by atoms with van der Waals surface area (Å²) in [6.07, 6.45) is 0.773. The predicted molar refractivity (Wildman–Crippen MR) is 114 cm³/mol. The lowest BCUT2D eigenvalue weighted by Gasteiger charge is -2.17. The standard InChI is InChI=1S/C23H27N3O5/c1-31-19-9-7-17(8-10-19)14-26-22(29)20(25-23(26)30)11-12-21(28)24-18(15-27)13-16-5-3-2-4-6-16/h2-10,18,20,27H,11-15H2,1H3,(H,24,28)(H,25,30)/t18-,20-/m0/s1. The average molecular weight is 425 g/mol. The van der Waals surface area contributed by atoms with Crippen LogP contribution in [0.25, 0.3) is 0 Å². The maximum absolute atomic E-state index is 12.6. The molecule has 1 aliphatic heterocycles. The van der Waals surface area contributed by atoms with Crippen molar-refractivity contribution in [2.45, 2.75) is 37.9 Å². The quantitative estimate of drug-likeness (QED) is 0.502. The fourth-order valence-electron chi connectivity index (χ4n) is 3.47. The number of rotatable bonds is 10. The largest absolute Gasteiger partial charge is 0.497 e. The normalized spacial score (nSPS) is 16.7. The summed E-state index contributed by atoms with van der Waals surface area (Å²) in [5.41, 5.74) is 1.81. The summed E-state index contributed by atoms with van der Waals surface area (Å²) in [5.74, 6) is 0.0699. The van der Waals surface area contributed by atoms with E-state index in [2.05, 4.69) is 10.6 Å². The molecule has 0 aliphatic carbocycles. The minimum Gasteiger partial charge on any atom is -0.497 e. The van der Waals surface area contributed by atoms with Gasteiger partial charge >= 0.3 is 6.03 Å². The molecule has 8 heteroatoms. The zero-order valence-electron chi connectivity index (χ0n) is 17.4. The molecule has 3 N–H and O–H groups in total. The summed E-state index contributed by atoms with van der Waals surface area (Å²) in [6, 6.07) is 15.1. The first kappa shape index (κ1) is 22.3. The third kappa shape index (κ3) is 6.05. The molecule has 164 valence electrons. The lowest BCUT2D eigenvalue weighted by molar-refractivity contribution is -0.128. The third-order valence-corrected chi connectivity index (χ3v) is 5.18. The minimum atomic E-state index is -0.738. The zero-order valence-corrected chi connectivity index (χ0v) is 17.4. The average Bonchev–Trinajstić information content (AvgIpc) is 3.06. The van der Waals surface area contributed by atoms with Crippen molar-refractivity contribution in [3.8, 4) is 5.75 Å². The molecular weight excluding hydrogens is 398 g/mol. The van der Waals surface area contributed by atoms with Gasteiger partial charge in [0.25, 0.3) is 5.91 Å². The minimum absolute atomic E-state index is 0.0678. The van der Waals surface area contributed by atoms with Crippen molar-refractivity contribution in [2.24, 2.45) is 0 Å². The van der Waals surface area contributed by atoms with E-state index >= 15 is 0 Å². The predicted octanol–water partition coefficient (Wildman–Crippen LogP) is 1.62. The van der Waals surface area contributed by atoms with Gasteiger partial charge < -0.3 is 20.5 Å². The number of hydrogen-bond donors (Lipinski definition) is 3. The van der Waals surface area contributed by atoms with Crippen LogP contribution in [0.2, 0.25) is 0 Å².